The summed E-state index contributed by atoms with van der Waals surface area (Å²) in [5.74, 6) is 0.793. The largest absolute Gasteiger partial charge is 0.493 e. The fraction of sp³-hybridized carbons (Fsp3) is 0.423. The Morgan fingerprint density at radius 3 is 2.84 bits per heavy atom. The average Bonchev–Trinajstić information content (AvgIpc) is 3.15. The number of carboxylic acids is 1. The predicted octanol–water partition coefficient (Wildman–Crippen LogP) is 4.66. The van der Waals surface area contributed by atoms with Crippen LogP contribution < -0.4 is 9.47 Å². The number of unbranched alkanes of at least 4 members (excludes halogenated alkanes) is 1. The highest BCUT2D eigenvalue weighted by molar-refractivity contribution is 5.70. The van der Waals surface area contributed by atoms with Gasteiger partial charge in [0.15, 0.2) is 0 Å². The van der Waals surface area contributed by atoms with Crippen molar-refractivity contribution in [2.75, 3.05) is 32.8 Å². The number of hydrogen-bond donors (Lipinski definition) is 1. The third kappa shape index (κ3) is 6.11. The molecule has 1 N–H and O–H groups in total. The van der Waals surface area contributed by atoms with Crippen LogP contribution in [0.4, 0.5) is 0 Å². The number of hydrogen-bond acceptors (Lipinski definition) is 4. The molecule has 164 valence electrons. The van der Waals surface area contributed by atoms with Crippen molar-refractivity contribution in [1.82, 2.24) is 4.90 Å². The van der Waals surface area contributed by atoms with E-state index in [1.54, 1.807) is 0 Å². The highest BCUT2D eigenvalue weighted by atomic mass is 16.5. The van der Waals surface area contributed by atoms with Crippen LogP contribution in [0.15, 0.2) is 54.1 Å². The lowest BCUT2D eigenvalue weighted by Gasteiger charge is -2.16. The summed E-state index contributed by atoms with van der Waals surface area (Å²) in [4.78, 5) is 13.4. The molecule has 0 aromatic heterocycles. The molecule has 0 spiro atoms. The summed E-state index contributed by atoms with van der Waals surface area (Å²) in [6.07, 6.45) is 7.00. The van der Waals surface area contributed by atoms with Gasteiger partial charge in [0.1, 0.15) is 11.5 Å². The van der Waals surface area contributed by atoms with E-state index in [1.165, 1.54) is 11.1 Å². The lowest BCUT2D eigenvalue weighted by Crippen LogP contribution is -2.25. The van der Waals surface area contributed by atoms with Gasteiger partial charge in [0.25, 0.3) is 0 Å². The number of benzene rings is 2. The van der Waals surface area contributed by atoms with Gasteiger partial charge in [0, 0.05) is 31.1 Å². The van der Waals surface area contributed by atoms with Crippen LogP contribution in [0.3, 0.4) is 0 Å². The Morgan fingerprint density at radius 1 is 1.16 bits per heavy atom. The summed E-state index contributed by atoms with van der Waals surface area (Å²) in [5.41, 5.74) is 3.73. The molecule has 2 aromatic rings. The molecule has 0 aliphatic carbocycles. The van der Waals surface area contributed by atoms with E-state index in [9.17, 15) is 9.90 Å². The fourth-order valence-electron chi connectivity index (χ4n) is 4.29. The van der Waals surface area contributed by atoms with Crippen molar-refractivity contribution in [3.05, 3.63) is 65.2 Å². The van der Waals surface area contributed by atoms with Crippen molar-refractivity contribution in [3.8, 4) is 11.5 Å². The van der Waals surface area contributed by atoms with Gasteiger partial charge in [-0.1, -0.05) is 42.0 Å². The van der Waals surface area contributed by atoms with Crippen molar-refractivity contribution >= 4 is 12.0 Å². The van der Waals surface area contributed by atoms with E-state index in [0.717, 1.165) is 62.3 Å². The molecule has 2 aliphatic rings. The molecule has 1 unspecified atom stereocenters. The summed E-state index contributed by atoms with van der Waals surface area (Å²) in [6.45, 7) is 3.63. The maximum absolute atomic E-state index is 11.2. The molecule has 0 saturated carbocycles. The Bertz CT molecular complexity index is 909. The zero-order chi connectivity index (χ0) is 21.5. The van der Waals surface area contributed by atoms with Crippen LogP contribution in [0.1, 0.15) is 36.8 Å². The van der Waals surface area contributed by atoms with E-state index >= 15 is 0 Å². The maximum Gasteiger partial charge on any atom is 0.307 e. The second-order valence-corrected chi connectivity index (χ2v) is 8.45. The maximum atomic E-state index is 11.2. The van der Waals surface area contributed by atoms with Crippen LogP contribution in [-0.4, -0.2) is 48.8 Å². The molecule has 0 amide bonds. The number of aryl methyl sites for hydroxylation is 1. The van der Waals surface area contributed by atoms with E-state index in [0.29, 0.717) is 19.8 Å². The number of likely N-dealkylation sites (tertiary alicyclic amines) is 1. The normalized spacial score (nSPS) is 18.6. The minimum absolute atomic E-state index is 0.234. The molecule has 2 heterocycles. The van der Waals surface area contributed by atoms with Crippen molar-refractivity contribution in [3.63, 3.8) is 0 Å². The summed E-state index contributed by atoms with van der Waals surface area (Å²) >= 11 is 0. The first-order valence-corrected chi connectivity index (χ1v) is 11.3. The minimum Gasteiger partial charge on any atom is -0.493 e. The van der Waals surface area contributed by atoms with E-state index in [1.807, 2.05) is 18.2 Å². The van der Waals surface area contributed by atoms with E-state index < -0.39 is 5.97 Å². The number of nitrogens with zero attached hydrogens (tertiary/aromatic N) is 1. The molecule has 1 saturated heterocycles. The smallest absolute Gasteiger partial charge is 0.307 e. The Morgan fingerprint density at radius 2 is 2.03 bits per heavy atom. The zero-order valence-corrected chi connectivity index (χ0v) is 18.0. The topological polar surface area (TPSA) is 59.0 Å². The summed E-state index contributed by atoms with van der Waals surface area (Å²) in [7, 11) is 0. The molecular formula is C26H31NO4. The first-order chi connectivity index (χ1) is 15.2. The number of carbonyl (C=O) groups is 1. The number of rotatable bonds is 9. The second-order valence-electron chi connectivity index (χ2n) is 8.45. The van der Waals surface area contributed by atoms with Crippen molar-refractivity contribution in [2.24, 2.45) is 5.92 Å². The monoisotopic (exact) mass is 421 g/mol. The quantitative estimate of drug-likeness (QED) is 0.597. The molecule has 2 aromatic carbocycles. The van der Waals surface area contributed by atoms with Gasteiger partial charge in [0.05, 0.1) is 19.1 Å². The summed E-state index contributed by atoms with van der Waals surface area (Å²) in [6, 6.07) is 16.6. The van der Waals surface area contributed by atoms with Gasteiger partial charge in [-0.2, -0.15) is 0 Å². The minimum atomic E-state index is -0.682. The average molecular weight is 422 g/mol. The van der Waals surface area contributed by atoms with Gasteiger partial charge in [-0.25, -0.2) is 0 Å². The molecule has 0 bridgehead atoms. The Hall–Kier alpha value is -2.79. The molecule has 4 rings (SSSR count). The Kier molecular flexibility index (Phi) is 7.26. The first kappa shape index (κ1) is 21.4. The van der Waals surface area contributed by atoms with Crippen LogP contribution in [0, 0.1) is 5.92 Å². The van der Waals surface area contributed by atoms with E-state index in [-0.39, 0.29) is 5.92 Å². The summed E-state index contributed by atoms with van der Waals surface area (Å²) in [5, 5.41) is 9.21. The fourth-order valence-corrected chi connectivity index (χ4v) is 4.29. The van der Waals surface area contributed by atoms with Gasteiger partial charge in [-0.3, -0.25) is 9.69 Å². The van der Waals surface area contributed by atoms with Gasteiger partial charge >= 0.3 is 5.97 Å². The predicted molar refractivity (Wildman–Crippen MR) is 122 cm³/mol. The zero-order valence-electron chi connectivity index (χ0n) is 18.0. The molecule has 5 nitrogen and oxygen atoms in total. The van der Waals surface area contributed by atoms with Gasteiger partial charge in [-0.05, 0) is 49.9 Å². The lowest BCUT2D eigenvalue weighted by molar-refractivity contribution is -0.141. The number of carboxylic acid groups (broad SMARTS) is 1. The van der Waals surface area contributed by atoms with Crippen LogP contribution in [-0.2, 0) is 11.2 Å². The number of aliphatic carboxylic acids is 1. The third-order valence-electron chi connectivity index (χ3n) is 6.05. The van der Waals surface area contributed by atoms with Gasteiger partial charge in [-0.15, -0.1) is 0 Å². The van der Waals surface area contributed by atoms with Crippen LogP contribution >= 0.6 is 0 Å². The molecule has 31 heavy (non-hydrogen) atoms. The highest BCUT2D eigenvalue weighted by Crippen LogP contribution is 2.31. The molecule has 1 atom stereocenters. The molecule has 1 fully saturated rings. The molecular weight excluding hydrogens is 390 g/mol. The second kappa shape index (κ2) is 10.5. The summed E-state index contributed by atoms with van der Waals surface area (Å²) < 4.78 is 11.9. The first-order valence-electron chi connectivity index (χ1n) is 11.3. The van der Waals surface area contributed by atoms with Crippen molar-refractivity contribution < 1.29 is 19.4 Å². The Labute approximate surface area is 184 Å². The van der Waals surface area contributed by atoms with Crippen LogP contribution in [0.25, 0.3) is 6.08 Å². The van der Waals surface area contributed by atoms with E-state index in [4.69, 9.17) is 9.47 Å². The molecule has 2 aliphatic heterocycles. The van der Waals surface area contributed by atoms with Gasteiger partial charge in [0.2, 0.25) is 0 Å². The SMILES string of the molecule is O=C(O)C1CCN(CC2=Cc3ccc(OCCCCc4ccccc4)cc3OCC2)C1. The Balaban J connectivity index is 1.27. The lowest BCUT2D eigenvalue weighted by atomic mass is 10.1. The van der Waals surface area contributed by atoms with Crippen molar-refractivity contribution in [1.29, 1.82) is 0 Å². The molecule has 0 radical (unpaired) electrons. The third-order valence-corrected chi connectivity index (χ3v) is 6.05. The molecule has 5 heteroatoms. The van der Waals surface area contributed by atoms with Gasteiger partial charge < -0.3 is 14.6 Å². The highest BCUT2D eigenvalue weighted by Gasteiger charge is 2.28. The van der Waals surface area contributed by atoms with Crippen LogP contribution in [0.5, 0.6) is 11.5 Å². The van der Waals surface area contributed by atoms with E-state index in [2.05, 4.69) is 41.3 Å². The number of ether oxygens (including phenoxy) is 2. The van der Waals surface area contributed by atoms with Crippen molar-refractivity contribution in [2.45, 2.75) is 32.1 Å². The van der Waals surface area contributed by atoms with Crippen LogP contribution in [0.2, 0.25) is 0 Å². The standard InChI is InChI=1S/C26H31NO4/c28-26(29)23-11-13-27(19-23)18-21-12-15-31-25-17-24(10-9-22(25)16-21)30-14-5-4-8-20-6-2-1-3-7-20/h1-3,6-7,9-10,16-17,23H,4-5,8,11-15,18-19H2,(H,28,29). The number of fused-ring (bicyclic) bond motifs is 1.